The second kappa shape index (κ2) is 9.98. The first-order chi connectivity index (χ1) is 14.1. The summed E-state index contributed by atoms with van der Waals surface area (Å²) in [6.45, 7) is 0.322. The number of hydrogen-bond donors (Lipinski definition) is 2. The quantitative estimate of drug-likeness (QED) is 0.501. The summed E-state index contributed by atoms with van der Waals surface area (Å²) in [5, 5.41) is 15.2. The van der Waals surface area contributed by atoms with Crippen molar-refractivity contribution in [1.82, 2.24) is 15.1 Å². The maximum Gasteiger partial charge on any atom is 0.303 e. The van der Waals surface area contributed by atoms with E-state index in [9.17, 15) is 9.59 Å². The molecule has 1 aromatic carbocycles. The Labute approximate surface area is 166 Å². The molecule has 0 saturated carbocycles. The van der Waals surface area contributed by atoms with Gasteiger partial charge in [-0.2, -0.15) is 4.98 Å². The molecular formula is C20H20N4O5. The molecule has 0 fully saturated rings. The number of nitrogens with one attached hydrogen (secondary N) is 1. The molecule has 150 valence electrons. The molecule has 29 heavy (non-hydrogen) atoms. The number of carbonyl (C=O) groups excluding carboxylic acids is 1. The van der Waals surface area contributed by atoms with E-state index in [0.717, 1.165) is 0 Å². The number of pyridine rings is 1. The van der Waals surface area contributed by atoms with Gasteiger partial charge < -0.3 is 19.7 Å². The average molecular weight is 396 g/mol. The van der Waals surface area contributed by atoms with E-state index in [1.165, 1.54) is 0 Å². The number of amides is 1. The molecule has 2 aromatic heterocycles. The van der Waals surface area contributed by atoms with Crippen molar-refractivity contribution in [3.63, 3.8) is 0 Å². The van der Waals surface area contributed by atoms with Gasteiger partial charge in [-0.3, -0.25) is 14.6 Å². The Bertz CT molecular complexity index is 941. The van der Waals surface area contributed by atoms with E-state index in [1.54, 1.807) is 42.6 Å². The molecule has 2 N–H and O–H groups in total. The number of nitrogens with zero attached hydrogens (tertiary/aromatic N) is 3. The van der Waals surface area contributed by atoms with E-state index in [0.29, 0.717) is 48.3 Å². The number of benzene rings is 1. The molecule has 0 bridgehead atoms. The molecule has 3 rings (SSSR count). The number of rotatable bonds is 10. The van der Waals surface area contributed by atoms with Crippen molar-refractivity contribution in [3.05, 3.63) is 54.6 Å². The van der Waals surface area contributed by atoms with Crippen LogP contribution in [0.2, 0.25) is 0 Å². The fourth-order valence-electron chi connectivity index (χ4n) is 2.45. The van der Waals surface area contributed by atoms with Crippen molar-refractivity contribution in [2.75, 3.05) is 11.9 Å². The van der Waals surface area contributed by atoms with Gasteiger partial charge >= 0.3 is 5.97 Å². The number of anilines is 1. The molecule has 3 aromatic rings. The zero-order valence-electron chi connectivity index (χ0n) is 15.6. The Morgan fingerprint density at radius 3 is 2.66 bits per heavy atom. The maximum absolute atomic E-state index is 12.1. The van der Waals surface area contributed by atoms with E-state index >= 15 is 0 Å². The standard InChI is InChI=1S/C20H20N4O5/c25-17(10-11-18-23-20(24-29-18)16-4-1-2-12-21-16)22-14-6-8-15(9-7-14)28-13-3-5-19(26)27/h1-2,4,6-9,12H,3,5,10-11,13H2,(H,22,25)(H,26,27). The molecule has 0 aliphatic heterocycles. The molecule has 0 saturated heterocycles. The highest BCUT2D eigenvalue weighted by atomic mass is 16.5. The van der Waals surface area contributed by atoms with Crippen LogP contribution in [0.1, 0.15) is 25.2 Å². The topological polar surface area (TPSA) is 127 Å². The van der Waals surface area contributed by atoms with Crippen LogP contribution in [0.15, 0.2) is 53.2 Å². The third kappa shape index (κ3) is 6.42. The van der Waals surface area contributed by atoms with Crippen molar-refractivity contribution >= 4 is 17.6 Å². The first-order valence-corrected chi connectivity index (χ1v) is 9.08. The number of hydrogen-bond acceptors (Lipinski definition) is 7. The summed E-state index contributed by atoms with van der Waals surface area (Å²) in [4.78, 5) is 31.0. The van der Waals surface area contributed by atoms with Crippen LogP contribution in [0.4, 0.5) is 5.69 Å². The van der Waals surface area contributed by atoms with Crippen molar-refractivity contribution in [1.29, 1.82) is 0 Å². The Hall–Kier alpha value is -3.75. The zero-order chi connectivity index (χ0) is 20.5. The van der Waals surface area contributed by atoms with E-state index < -0.39 is 5.97 Å². The fourth-order valence-corrected chi connectivity index (χ4v) is 2.45. The van der Waals surface area contributed by atoms with Crippen molar-refractivity contribution in [2.45, 2.75) is 25.7 Å². The maximum atomic E-state index is 12.1. The van der Waals surface area contributed by atoms with Crippen molar-refractivity contribution in [3.8, 4) is 17.3 Å². The van der Waals surface area contributed by atoms with Crippen molar-refractivity contribution < 1.29 is 24.0 Å². The van der Waals surface area contributed by atoms with Crippen LogP contribution in [-0.2, 0) is 16.0 Å². The van der Waals surface area contributed by atoms with Gasteiger partial charge in [0.25, 0.3) is 0 Å². The van der Waals surface area contributed by atoms with Crippen molar-refractivity contribution in [2.24, 2.45) is 0 Å². The Morgan fingerprint density at radius 1 is 1.10 bits per heavy atom. The van der Waals surface area contributed by atoms with Gasteiger partial charge in [0.2, 0.25) is 17.6 Å². The molecular weight excluding hydrogens is 376 g/mol. The molecule has 0 aliphatic carbocycles. The third-order valence-corrected chi connectivity index (χ3v) is 3.87. The monoisotopic (exact) mass is 396 g/mol. The van der Waals surface area contributed by atoms with Crippen LogP contribution in [0.25, 0.3) is 11.5 Å². The molecule has 2 heterocycles. The molecule has 1 amide bonds. The average Bonchev–Trinajstić information content (AvgIpc) is 3.21. The van der Waals surface area contributed by atoms with Gasteiger partial charge in [0.05, 0.1) is 6.61 Å². The van der Waals surface area contributed by atoms with Gasteiger partial charge in [-0.05, 0) is 42.8 Å². The number of ether oxygens (including phenoxy) is 1. The predicted molar refractivity (Wildman–Crippen MR) is 103 cm³/mol. The van der Waals surface area contributed by atoms with Gasteiger partial charge in [-0.15, -0.1) is 0 Å². The molecule has 0 radical (unpaired) electrons. The summed E-state index contributed by atoms with van der Waals surface area (Å²) in [7, 11) is 0. The lowest BCUT2D eigenvalue weighted by Crippen LogP contribution is -2.12. The third-order valence-electron chi connectivity index (χ3n) is 3.87. The highest BCUT2D eigenvalue weighted by Gasteiger charge is 2.11. The minimum atomic E-state index is -0.847. The van der Waals surface area contributed by atoms with E-state index in [-0.39, 0.29) is 18.7 Å². The highest BCUT2D eigenvalue weighted by Crippen LogP contribution is 2.17. The minimum Gasteiger partial charge on any atom is -0.494 e. The number of carboxylic acids is 1. The van der Waals surface area contributed by atoms with E-state index in [2.05, 4.69) is 20.4 Å². The first kappa shape index (κ1) is 20.0. The molecule has 0 aliphatic rings. The molecule has 9 nitrogen and oxygen atoms in total. The second-order valence-corrected chi connectivity index (χ2v) is 6.15. The number of carbonyl (C=O) groups is 2. The fraction of sp³-hybridized carbons (Fsp3) is 0.250. The van der Waals surface area contributed by atoms with Gasteiger partial charge in [0.15, 0.2) is 0 Å². The van der Waals surface area contributed by atoms with Crippen LogP contribution in [0.3, 0.4) is 0 Å². The van der Waals surface area contributed by atoms with Crippen LogP contribution >= 0.6 is 0 Å². The summed E-state index contributed by atoms with van der Waals surface area (Å²) in [5.41, 5.74) is 1.24. The van der Waals surface area contributed by atoms with Gasteiger partial charge in [0.1, 0.15) is 11.4 Å². The first-order valence-electron chi connectivity index (χ1n) is 9.08. The number of carboxylic acid groups (broad SMARTS) is 1. The number of aliphatic carboxylic acids is 1. The normalized spacial score (nSPS) is 10.5. The Kier molecular flexibility index (Phi) is 6.88. The summed E-state index contributed by atoms with van der Waals surface area (Å²) >= 11 is 0. The molecule has 9 heteroatoms. The molecule has 0 spiro atoms. The summed E-state index contributed by atoms with van der Waals surface area (Å²) in [5.74, 6) is 0.338. The Balaban J connectivity index is 1.42. The van der Waals surface area contributed by atoms with Gasteiger partial charge in [-0.25, -0.2) is 0 Å². The minimum absolute atomic E-state index is 0.0670. The van der Waals surface area contributed by atoms with Gasteiger partial charge in [0, 0.05) is 31.1 Å². The summed E-state index contributed by atoms with van der Waals surface area (Å²) < 4.78 is 10.6. The lowest BCUT2D eigenvalue weighted by Gasteiger charge is -2.07. The zero-order valence-corrected chi connectivity index (χ0v) is 15.6. The molecule has 0 atom stereocenters. The number of aromatic nitrogens is 3. The van der Waals surface area contributed by atoms with Gasteiger partial charge in [-0.1, -0.05) is 11.2 Å². The van der Waals surface area contributed by atoms with E-state index in [1.807, 2.05) is 6.07 Å². The van der Waals surface area contributed by atoms with Crippen LogP contribution in [0, 0.1) is 0 Å². The van der Waals surface area contributed by atoms with E-state index in [4.69, 9.17) is 14.4 Å². The van der Waals surface area contributed by atoms with Crippen LogP contribution in [-0.4, -0.2) is 38.7 Å². The predicted octanol–water partition coefficient (Wildman–Crippen LogP) is 2.95. The summed E-state index contributed by atoms with van der Waals surface area (Å²) in [6.07, 6.45) is 2.65. The number of aryl methyl sites for hydroxylation is 1. The lowest BCUT2D eigenvalue weighted by molar-refractivity contribution is -0.137. The van der Waals surface area contributed by atoms with Crippen LogP contribution in [0.5, 0.6) is 5.75 Å². The Morgan fingerprint density at radius 2 is 1.93 bits per heavy atom. The highest BCUT2D eigenvalue weighted by molar-refractivity contribution is 5.90. The van der Waals surface area contributed by atoms with Crippen LogP contribution < -0.4 is 10.1 Å². The SMILES string of the molecule is O=C(O)CCCOc1ccc(NC(=O)CCc2nc(-c3ccccn3)no2)cc1. The molecule has 0 unspecified atom stereocenters. The lowest BCUT2D eigenvalue weighted by atomic mass is 10.2. The second-order valence-electron chi connectivity index (χ2n) is 6.15. The largest absolute Gasteiger partial charge is 0.494 e. The smallest absolute Gasteiger partial charge is 0.303 e. The summed E-state index contributed by atoms with van der Waals surface area (Å²) in [6, 6.07) is 12.3.